The van der Waals surface area contributed by atoms with E-state index in [1.807, 2.05) is 48.2 Å². The number of nitriles is 1. The summed E-state index contributed by atoms with van der Waals surface area (Å²) in [6.45, 7) is 4.50. The molecule has 0 N–H and O–H groups in total. The minimum absolute atomic E-state index is 0.0175. The fourth-order valence-electron chi connectivity index (χ4n) is 4.00. The zero-order valence-electron chi connectivity index (χ0n) is 18.7. The largest absolute Gasteiger partial charge is 0.416 e. The number of aromatic nitrogens is 3. The third kappa shape index (κ3) is 4.24. The van der Waals surface area contributed by atoms with Gasteiger partial charge in [0.15, 0.2) is 0 Å². The van der Waals surface area contributed by atoms with Crippen LogP contribution < -0.4 is 4.90 Å². The smallest absolute Gasteiger partial charge is 0.253 e. The Bertz CT molecular complexity index is 1360. The molecule has 168 valence electrons. The van der Waals surface area contributed by atoms with Crippen LogP contribution in [0.3, 0.4) is 0 Å². The molecule has 8 nitrogen and oxygen atoms in total. The van der Waals surface area contributed by atoms with Crippen molar-refractivity contribution in [3.05, 3.63) is 83.6 Å². The molecule has 34 heavy (non-hydrogen) atoms. The molecule has 1 aliphatic rings. The van der Waals surface area contributed by atoms with Gasteiger partial charge in [-0.3, -0.25) is 4.79 Å². The minimum atomic E-state index is -0.0175. The zero-order valence-corrected chi connectivity index (χ0v) is 18.7. The standard InChI is InChI=1S/C26H22N6O2/c1-18-4-2-3-5-22(18)25-30-29-24(34-25)20-6-8-21(9-7-20)26(33)32-14-12-31(13-15-32)23-16-19(17-27)10-11-28-23/h2-11,16H,12-15H2,1H3. The van der Waals surface area contributed by atoms with E-state index in [4.69, 9.17) is 9.68 Å². The van der Waals surface area contributed by atoms with Gasteiger partial charge in [0.25, 0.3) is 5.91 Å². The first-order valence-corrected chi connectivity index (χ1v) is 11.0. The van der Waals surface area contributed by atoms with Gasteiger partial charge in [-0.15, -0.1) is 10.2 Å². The molecule has 0 unspecified atom stereocenters. The van der Waals surface area contributed by atoms with Crippen molar-refractivity contribution in [1.29, 1.82) is 5.26 Å². The molecule has 0 bridgehead atoms. The molecule has 3 heterocycles. The van der Waals surface area contributed by atoms with E-state index in [1.54, 1.807) is 30.5 Å². The molecule has 1 amide bonds. The molecule has 0 radical (unpaired) electrons. The van der Waals surface area contributed by atoms with Gasteiger partial charge >= 0.3 is 0 Å². The second kappa shape index (κ2) is 9.16. The highest BCUT2D eigenvalue weighted by Gasteiger charge is 2.23. The highest BCUT2D eigenvalue weighted by Crippen LogP contribution is 2.26. The summed E-state index contributed by atoms with van der Waals surface area (Å²) < 4.78 is 5.87. The molecule has 1 saturated heterocycles. The summed E-state index contributed by atoms with van der Waals surface area (Å²) in [4.78, 5) is 21.3. The predicted molar refractivity (Wildman–Crippen MR) is 127 cm³/mol. The van der Waals surface area contributed by atoms with Crippen molar-refractivity contribution in [2.45, 2.75) is 6.92 Å². The van der Waals surface area contributed by atoms with Gasteiger partial charge < -0.3 is 14.2 Å². The lowest BCUT2D eigenvalue weighted by molar-refractivity contribution is 0.0746. The van der Waals surface area contributed by atoms with Crippen molar-refractivity contribution in [2.24, 2.45) is 0 Å². The van der Waals surface area contributed by atoms with Crippen LogP contribution in [0.4, 0.5) is 5.82 Å². The van der Waals surface area contributed by atoms with Crippen LogP contribution in [0, 0.1) is 18.3 Å². The number of rotatable bonds is 4. The van der Waals surface area contributed by atoms with Crippen LogP contribution in [0.2, 0.25) is 0 Å². The average Bonchev–Trinajstić information content (AvgIpc) is 3.39. The lowest BCUT2D eigenvalue weighted by Crippen LogP contribution is -2.49. The number of hydrogen-bond acceptors (Lipinski definition) is 7. The number of hydrogen-bond donors (Lipinski definition) is 0. The minimum Gasteiger partial charge on any atom is -0.416 e. The van der Waals surface area contributed by atoms with Gasteiger partial charge in [0.1, 0.15) is 5.82 Å². The van der Waals surface area contributed by atoms with Gasteiger partial charge in [0, 0.05) is 49.1 Å². The first-order chi connectivity index (χ1) is 16.6. The fraction of sp³-hybridized carbons (Fsp3) is 0.192. The third-order valence-corrected chi connectivity index (χ3v) is 5.94. The van der Waals surface area contributed by atoms with E-state index in [9.17, 15) is 4.79 Å². The van der Waals surface area contributed by atoms with Crippen LogP contribution in [-0.4, -0.2) is 52.2 Å². The van der Waals surface area contributed by atoms with Gasteiger partial charge in [0.05, 0.1) is 11.6 Å². The molecule has 0 saturated carbocycles. The quantitative estimate of drug-likeness (QED) is 0.464. The van der Waals surface area contributed by atoms with Gasteiger partial charge in [-0.2, -0.15) is 5.26 Å². The van der Waals surface area contributed by atoms with Crippen molar-refractivity contribution < 1.29 is 9.21 Å². The lowest BCUT2D eigenvalue weighted by atomic mass is 10.1. The van der Waals surface area contributed by atoms with E-state index in [-0.39, 0.29) is 5.91 Å². The number of piperazine rings is 1. The first kappa shape index (κ1) is 21.3. The van der Waals surface area contributed by atoms with Crippen molar-refractivity contribution in [3.8, 4) is 29.0 Å². The van der Waals surface area contributed by atoms with E-state index in [1.165, 1.54) is 0 Å². The van der Waals surface area contributed by atoms with Crippen molar-refractivity contribution in [1.82, 2.24) is 20.1 Å². The zero-order chi connectivity index (χ0) is 23.5. The molecular weight excluding hydrogens is 428 g/mol. The normalized spacial score (nSPS) is 13.5. The number of benzene rings is 2. The highest BCUT2D eigenvalue weighted by molar-refractivity contribution is 5.94. The van der Waals surface area contributed by atoms with Gasteiger partial charge in [0.2, 0.25) is 11.8 Å². The number of amides is 1. The van der Waals surface area contributed by atoms with Crippen molar-refractivity contribution in [2.75, 3.05) is 31.1 Å². The van der Waals surface area contributed by atoms with Crippen LogP contribution >= 0.6 is 0 Å². The SMILES string of the molecule is Cc1ccccc1-c1nnc(-c2ccc(C(=O)N3CCN(c4cc(C#N)ccn4)CC3)cc2)o1. The van der Waals surface area contributed by atoms with Crippen LogP contribution in [0.25, 0.3) is 22.9 Å². The third-order valence-electron chi connectivity index (χ3n) is 5.94. The number of anilines is 1. The van der Waals surface area contributed by atoms with Crippen molar-refractivity contribution in [3.63, 3.8) is 0 Å². The Morgan fingerprint density at radius 2 is 1.71 bits per heavy atom. The second-order valence-corrected chi connectivity index (χ2v) is 8.10. The Morgan fingerprint density at radius 3 is 2.44 bits per heavy atom. The molecule has 2 aromatic heterocycles. The van der Waals surface area contributed by atoms with E-state index >= 15 is 0 Å². The molecule has 2 aromatic carbocycles. The summed E-state index contributed by atoms with van der Waals surface area (Å²) in [6.07, 6.45) is 1.64. The Kier molecular flexibility index (Phi) is 5.75. The molecule has 1 fully saturated rings. The van der Waals surface area contributed by atoms with E-state index in [0.717, 1.165) is 22.5 Å². The number of nitrogens with zero attached hydrogens (tertiary/aromatic N) is 6. The molecular formula is C26H22N6O2. The summed E-state index contributed by atoms with van der Waals surface area (Å²) in [7, 11) is 0. The Hall–Kier alpha value is -4.51. The van der Waals surface area contributed by atoms with Gasteiger partial charge in [-0.1, -0.05) is 18.2 Å². The molecule has 0 spiro atoms. The summed E-state index contributed by atoms with van der Waals surface area (Å²) in [5.41, 5.74) is 3.92. The number of carbonyl (C=O) groups excluding carboxylic acids is 1. The topological polar surface area (TPSA) is 99.2 Å². The number of aryl methyl sites for hydroxylation is 1. The molecule has 0 atom stereocenters. The van der Waals surface area contributed by atoms with Crippen molar-refractivity contribution >= 4 is 11.7 Å². The highest BCUT2D eigenvalue weighted by atomic mass is 16.4. The maximum Gasteiger partial charge on any atom is 0.253 e. The van der Waals surface area contributed by atoms with Gasteiger partial charge in [-0.25, -0.2) is 4.98 Å². The van der Waals surface area contributed by atoms with Crippen LogP contribution in [0.15, 0.2) is 71.3 Å². The Balaban J connectivity index is 1.24. The monoisotopic (exact) mass is 450 g/mol. The van der Waals surface area contributed by atoms with Crippen LogP contribution in [0.1, 0.15) is 21.5 Å². The average molecular weight is 451 g/mol. The van der Waals surface area contributed by atoms with Crippen LogP contribution in [-0.2, 0) is 0 Å². The van der Waals surface area contributed by atoms with Gasteiger partial charge in [-0.05, 0) is 55.0 Å². The first-order valence-electron chi connectivity index (χ1n) is 11.0. The maximum absolute atomic E-state index is 13.0. The number of pyridine rings is 1. The molecule has 5 rings (SSSR count). The van der Waals surface area contributed by atoms with E-state index < -0.39 is 0 Å². The molecule has 4 aromatic rings. The van der Waals surface area contributed by atoms with E-state index in [2.05, 4.69) is 26.2 Å². The number of carbonyl (C=O) groups is 1. The maximum atomic E-state index is 13.0. The fourth-order valence-corrected chi connectivity index (χ4v) is 4.00. The van der Waals surface area contributed by atoms with E-state index in [0.29, 0.717) is 49.1 Å². The predicted octanol–water partition coefficient (Wildman–Crippen LogP) is 3.94. The van der Waals surface area contributed by atoms with Crippen LogP contribution in [0.5, 0.6) is 0 Å². The Morgan fingerprint density at radius 1 is 0.971 bits per heavy atom. The lowest BCUT2D eigenvalue weighted by Gasteiger charge is -2.35. The second-order valence-electron chi connectivity index (χ2n) is 8.10. The summed E-state index contributed by atoms with van der Waals surface area (Å²) in [5.74, 6) is 1.63. The summed E-state index contributed by atoms with van der Waals surface area (Å²) >= 11 is 0. The molecule has 8 heteroatoms. The molecule has 1 aliphatic heterocycles. The summed E-state index contributed by atoms with van der Waals surface area (Å²) in [6, 6.07) is 20.7. The Labute approximate surface area is 197 Å². The summed E-state index contributed by atoms with van der Waals surface area (Å²) in [5, 5.41) is 17.4. The molecule has 0 aliphatic carbocycles.